The molecule has 0 atom stereocenters. The van der Waals surface area contributed by atoms with Gasteiger partial charge >= 0.3 is 30.4 Å². The minimum absolute atomic E-state index is 0. The van der Waals surface area contributed by atoms with Crippen LogP contribution >= 0.6 is 0 Å². The molecule has 0 aliphatic rings. The zero-order valence-corrected chi connectivity index (χ0v) is 7.00. The topological polar surface area (TPSA) is 49.7 Å². The first-order chi connectivity index (χ1) is 2.27. The third-order valence-corrected chi connectivity index (χ3v) is 0.632. The van der Waals surface area contributed by atoms with Gasteiger partial charge in [-0.05, 0) is 0 Å². The van der Waals surface area contributed by atoms with Crippen LogP contribution in [-0.4, -0.2) is 68.3 Å². The van der Waals surface area contributed by atoms with Crippen molar-refractivity contribution in [2.75, 3.05) is 0 Å². The van der Waals surface area contributed by atoms with Crippen LogP contribution in [0.3, 0.4) is 0 Å². The Morgan fingerprint density at radius 2 is 1.71 bits per heavy atom. The summed E-state index contributed by atoms with van der Waals surface area (Å²) in [6.45, 7) is 0. The van der Waals surface area contributed by atoms with E-state index in [0.717, 1.165) is 0 Å². The van der Waals surface area contributed by atoms with Gasteiger partial charge in [0.1, 0.15) is 10.5 Å². The third kappa shape index (κ3) is 18.6. The molecule has 2 N–H and O–H groups in total. The molecule has 0 saturated heterocycles. The SMILES string of the molecule is OB(O)O[SiH3].[AlH3].[H-].[H-].[Mg+2]. The van der Waals surface area contributed by atoms with Crippen molar-refractivity contribution < 1.29 is 17.2 Å². The molecule has 3 nitrogen and oxygen atoms in total. The second kappa shape index (κ2) is 10.4. The normalized spacial score (nSPS) is 6.00. The minimum atomic E-state index is -1.55. The van der Waals surface area contributed by atoms with Gasteiger partial charge < -0.3 is 17.2 Å². The van der Waals surface area contributed by atoms with E-state index in [-0.39, 0.29) is 43.3 Å². The zero-order valence-electron chi connectivity index (χ0n) is 5.59. The van der Waals surface area contributed by atoms with E-state index in [1.165, 1.54) is 0 Å². The maximum absolute atomic E-state index is 7.73. The van der Waals surface area contributed by atoms with Gasteiger partial charge in [0.15, 0.2) is 17.4 Å². The van der Waals surface area contributed by atoms with Gasteiger partial charge in [-0.25, -0.2) is 0 Å². The maximum atomic E-state index is 7.73. The van der Waals surface area contributed by atoms with Crippen molar-refractivity contribution in [2.24, 2.45) is 0 Å². The molecule has 0 spiro atoms. The smallest absolute Gasteiger partial charge is 1.00 e. The summed E-state index contributed by atoms with van der Waals surface area (Å²) < 4.78 is 4.00. The fourth-order valence-corrected chi connectivity index (χ4v) is 0. The van der Waals surface area contributed by atoms with Gasteiger partial charge in [0.05, 0.1) is 0 Å². The fourth-order valence-electron chi connectivity index (χ4n) is 0. The van der Waals surface area contributed by atoms with Gasteiger partial charge in [0, 0.05) is 0 Å². The largest absolute Gasteiger partial charge is 2.00 e. The zero-order chi connectivity index (χ0) is 4.28. The van der Waals surface area contributed by atoms with Crippen LogP contribution in [0.4, 0.5) is 0 Å². The van der Waals surface area contributed by atoms with Crippen LogP contribution < -0.4 is 0 Å². The van der Waals surface area contributed by atoms with Crippen molar-refractivity contribution >= 4 is 58.2 Å². The summed E-state index contributed by atoms with van der Waals surface area (Å²) in [5.74, 6) is 0. The number of rotatable bonds is 1. The van der Waals surface area contributed by atoms with Crippen LogP contribution in [0.2, 0.25) is 0 Å². The van der Waals surface area contributed by atoms with Crippen molar-refractivity contribution in [3.63, 3.8) is 0 Å². The third-order valence-electron chi connectivity index (χ3n) is 0.211. The van der Waals surface area contributed by atoms with Gasteiger partial charge in [0.25, 0.3) is 0 Å². The number of hydrogen-bond acceptors (Lipinski definition) is 3. The Bertz CT molecular complexity index is 35.8. The van der Waals surface area contributed by atoms with Crippen molar-refractivity contribution in [1.82, 2.24) is 0 Å². The standard InChI is InChI=1S/Al.BH5O3Si.Mg.5H/c;2-1(3)4-5;;;;;;/h;2-3H,5H3;;;;;;/q;;+2;;;;2*-1. The molecule has 0 radical (unpaired) electrons. The van der Waals surface area contributed by atoms with Crippen LogP contribution in [0, 0.1) is 0 Å². The summed E-state index contributed by atoms with van der Waals surface area (Å²) in [5, 5.41) is 15.5. The molecular formula is H10AlBMgO3Si. The molecule has 0 amide bonds. The molecule has 0 aromatic heterocycles. The minimum Gasteiger partial charge on any atom is -1.00 e. The molecule has 0 saturated carbocycles. The summed E-state index contributed by atoms with van der Waals surface area (Å²) in [5.41, 5.74) is 0. The summed E-state index contributed by atoms with van der Waals surface area (Å²) in [6.07, 6.45) is 0. The van der Waals surface area contributed by atoms with Gasteiger partial charge in [0.2, 0.25) is 0 Å². The molecule has 0 aromatic rings. The predicted octanol–water partition coefficient (Wildman–Crippen LogP) is -4.09. The van der Waals surface area contributed by atoms with Crippen molar-refractivity contribution in [3.05, 3.63) is 0 Å². The molecule has 0 rings (SSSR count). The Morgan fingerprint density at radius 1 is 1.57 bits per heavy atom. The summed E-state index contributed by atoms with van der Waals surface area (Å²) in [7, 11) is -1.18. The molecule has 0 fully saturated rings. The first-order valence-electron chi connectivity index (χ1n) is 1.16. The van der Waals surface area contributed by atoms with Gasteiger partial charge in [-0.15, -0.1) is 0 Å². The summed E-state index contributed by atoms with van der Waals surface area (Å²) in [4.78, 5) is 0. The van der Waals surface area contributed by atoms with Gasteiger partial charge in [-0.2, -0.15) is 0 Å². The molecule has 7 heteroatoms. The van der Waals surface area contributed by atoms with E-state index in [4.69, 9.17) is 10.0 Å². The van der Waals surface area contributed by atoms with Crippen LogP contribution in [0.5, 0.6) is 0 Å². The second-order valence-electron chi connectivity index (χ2n) is 0.562. The van der Waals surface area contributed by atoms with Gasteiger partial charge in [-0.3, -0.25) is 0 Å². The Kier molecular flexibility index (Phi) is 23.6. The average Bonchev–Trinajstić information content (AvgIpc) is 1.38. The summed E-state index contributed by atoms with van der Waals surface area (Å²) >= 11 is 0. The molecular weight excluding hydrogens is 138 g/mol. The van der Waals surface area contributed by atoms with E-state index in [9.17, 15) is 0 Å². The van der Waals surface area contributed by atoms with Crippen molar-refractivity contribution in [3.8, 4) is 0 Å². The first-order valence-corrected chi connectivity index (χ1v) is 1.98. The summed E-state index contributed by atoms with van der Waals surface area (Å²) in [6, 6.07) is 0. The first kappa shape index (κ1) is 15.8. The predicted molar refractivity (Wildman–Crippen MR) is 39.1 cm³/mol. The van der Waals surface area contributed by atoms with Crippen LogP contribution in [0.15, 0.2) is 0 Å². The Labute approximate surface area is 75.4 Å². The molecule has 0 unspecified atom stereocenters. The molecule has 0 aliphatic carbocycles. The maximum Gasteiger partial charge on any atom is 2.00 e. The van der Waals surface area contributed by atoms with E-state index in [0.29, 0.717) is 10.5 Å². The van der Waals surface area contributed by atoms with E-state index >= 15 is 0 Å². The van der Waals surface area contributed by atoms with E-state index < -0.39 is 7.32 Å². The van der Waals surface area contributed by atoms with Crippen LogP contribution in [0.1, 0.15) is 2.85 Å². The number of hydrogen-bond donors (Lipinski definition) is 2. The molecule has 0 aliphatic heterocycles. The van der Waals surface area contributed by atoms with Gasteiger partial charge in [-0.1, -0.05) is 0 Å². The van der Waals surface area contributed by atoms with E-state index in [2.05, 4.69) is 4.34 Å². The Hall–Kier alpha value is 1.46. The van der Waals surface area contributed by atoms with Crippen LogP contribution in [0.25, 0.3) is 0 Å². The molecule has 0 bridgehead atoms. The fraction of sp³-hybridized carbons (Fsp3) is 0. The van der Waals surface area contributed by atoms with E-state index in [1.807, 2.05) is 0 Å². The molecule has 40 valence electrons. The quantitative estimate of drug-likeness (QED) is 0.372. The molecule has 7 heavy (non-hydrogen) atoms. The second-order valence-corrected chi connectivity index (χ2v) is 1.03. The van der Waals surface area contributed by atoms with E-state index in [1.54, 1.807) is 0 Å². The molecule has 0 heterocycles. The van der Waals surface area contributed by atoms with Crippen molar-refractivity contribution in [1.29, 1.82) is 0 Å². The Balaban J connectivity index is -0.0000000133. The van der Waals surface area contributed by atoms with Crippen LogP contribution in [-0.2, 0) is 4.34 Å². The monoisotopic (exact) mass is 148 g/mol. The van der Waals surface area contributed by atoms with Crippen molar-refractivity contribution in [2.45, 2.75) is 0 Å². The molecule has 0 aromatic carbocycles. The average molecular weight is 148 g/mol. The Morgan fingerprint density at radius 3 is 1.71 bits per heavy atom.